The number of hydrogen-bond donors (Lipinski definition) is 0. The number of hydrogen-bond acceptors (Lipinski definition) is 2. The monoisotopic (exact) mass is 210 g/mol. The van der Waals surface area contributed by atoms with Crippen molar-refractivity contribution in [2.75, 3.05) is 0 Å². The Morgan fingerprint density at radius 1 is 1.33 bits per heavy atom. The fourth-order valence-corrected chi connectivity index (χ4v) is 2.84. The Labute approximate surface area is 93.9 Å². The van der Waals surface area contributed by atoms with Crippen molar-refractivity contribution in [1.29, 1.82) is 0 Å². The minimum Gasteiger partial charge on any atom is -0.405 e. The van der Waals surface area contributed by atoms with Crippen LogP contribution in [0.3, 0.4) is 0 Å². The van der Waals surface area contributed by atoms with Crippen molar-refractivity contribution in [2.24, 2.45) is 5.92 Å². The molecule has 3 heteroatoms. The maximum Gasteiger partial charge on any atom is 0.463 e. The van der Waals surface area contributed by atoms with Gasteiger partial charge in [-0.1, -0.05) is 34.6 Å². The molecule has 1 saturated heterocycles. The van der Waals surface area contributed by atoms with Gasteiger partial charge in [0.1, 0.15) is 0 Å². The zero-order valence-corrected chi connectivity index (χ0v) is 10.7. The average molecular weight is 210 g/mol. The molecule has 0 spiro atoms. The van der Waals surface area contributed by atoms with Gasteiger partial charge in [-0.3, -0.25) is 0 Å². The highest BCUT2D eigenvalue weighted by atomic mass is 16.7. The summed E-state index contributed by atoms with van der Waals surface area (Å²) >= 11 is 0. The average Bonchev–Trinajstić information content (AvgIpc) is 2.55. The predicted molar refractivity (Wildman–Crippen MR) is 62.8 cm³/mol. The molecule has 1 aliphatic heterocycles. The lowest BCUT2D eigenvalue weighted by molar-refractivity contribution is 0.0152. The van der Waals surface area contributed by atoms with E-state index in [0.717, 1.165) is 0 Å². The quantitative estimate of drug-likeness (QED) is 0.618. The van der Waals surface area contributed by atoms with E-state index in [9.17, 15) is 0 Å². The molecule has 2 nitrogen and oxygen atoms in total. The molecular formula is C12H23BO2. The van der Waals surface area contributed by atoms with Crippen LogP contribution in [0.2, 0.25) is 5.31 Å². The summed E-state index contributed by atoms with van der Waals surface area (Å²) in [5.41, 5.74) is 0.0119. The molecule has 0 aromatic heterocycles. The molecule has 2 aliphatic rings. The number of fused-ring (bicyclic) bond motifs is 1. The Morgan fingerprint density at radius 2 is 2.00 bits per heavy atom. The molecule has 0 amide bonds. The fraction of sp³-hybridized carbons (Fsp3) is 1.00. The standard InChI is InChI=1S/C12H23BO2/c1-9(2)12-8-6-7-10(12)14-13(15-12)11(3,4)5/h9-10H,6-8H2,1-5H3/t10-,12-/m0/s1. The lowest BCUT2D eigenvalue weighted by atomic mass is 9.61. The summed E-state index contributed by atoms with van der Waals surface area (Å²) in [5, 5.41) is 0.0895. The molecule has 1 aliphatic carbocycles. The highest BCUT2D eigenvalue weighted by molar-refractivity contribution is 6.49. The summed E-state index contributed by atoms with van der Waals surface area (Å²) in [6.07, 6.45) is 3.92. The second kappa shape index (κ2) is 3.49. The van der Waals surface area contributed by atoms with E-state index in [-0.39, 0.29) is 18.0 Å². The topological polar surface area (TPSA) is 18.5 Å². The van der Waals surface area contributed by atoms with Crippen LogP contribution in [0.1, 0.15) is 53.9 Å². The van der Waals surface area contributed by atoms with Crippen LogP contribution in [-0.4, -0.2) is 18.8 Å². The SMILES string of the molecule is CC(C)[C@@]12CCC[C@@H]1OB(C(C)(C)C)O2. The van der Waals surface area contributed by atoms with Gasteiger partial charge < -0.3 is 9.31 Å². The van der Waals surface area contributed by atoms with Crippen LogP contribution in [0.5, 0.6) is 0 Å². The first kappa shape index (κ1) is 11.5. The molecule has 2 fully saturated rings. The smallest absolute Gasteiger partial charge is 0.405 e. The van der Waals surface area contributed by atoms with Crippen LogP contribution in [0.25, 0.3) is 0 Å². The molecule has 0 bridgehead atoms. The van der Waals surface area contributed by atoms with Crippen LogP contribution < -0.4 is 0 Å². The van der Waals surface area contributed by atoms with E-state index in [2.05, 4.69) is 34.6 Å². The van der Waals surface area contributed by atoms with Crippen LogP contribution in [0, 0.1) is 5.92 Å². The van der Waals surface area contributed by atoms with Crippen molar-refractivity contribution in [3.63, 3.8) is 0 Å². The molecule has 0 aromatic rings. The van der Waals surface area contributed by atoms with Gasteiger partial charge in [-0.2, -0.15) is 0 Å². The second-order valence-corrected chi connectivity index (χ2v) is 6.44. The first-order valence-electron chi connectivity index (χ1n) is 6.19. The van der Waals surface area contributed by atoms with Gasteiger partial charge in [0.15, 0.2) is 0 Å². The minimum absolute atomic E-state index is 0.0119. The van der Waals surface area contributed by atoms with E-state index >= 15 is 0 Å². The molecule has 2 rings (SSSR count). The zero-order chi connectivity index (χ0) is 11.3. The maximum atomic E-state index is 6.28. The van der Waals surface area contributed by atoms with Gasteiger partial charge in [-0.25, -0.2) is 0 Å². The molecule has 86 valence electrons. The van der Waals surface area contributed by atoms with Gasteiger partial charge >= 0.3 is 7.12 Å². The molecule has 15 heavy (non-hydrogen) atoms. The Morgan fingerprint density at radius 3 is 2.47 bits per heavy atom. The first-order chi connectivity index (χ1) is 6.86. The first-order valence-corrected chi connectivity index (χ1v) is 6.19. The van der Waals surface area contributed by atoms with E-state index in [1.807, 2.05) is 0 Å². The van der Waals surface area contributed by atoms with Crippen molar-refractivity contribution in [3.05, 3.63) is 0 Å². The molecule has 0 aromatic carbocycles. The highest BCUT2D eigenvalue weighted by Gasteiger charge is 2.58. The minimum atomic E-state index is -0.0230. The van der Waals surface area contributed by atoms with Crippen molar-refractivity contribution in [1.82, 2.24) is 0 Å². The summed E-state index contributed by atoms with van der Waals surface area (Å²) in [5.74, 6) is 0.553. The Bertz CT molecular complexity index is 246. The third-order valence-electron chi connectivity index (χ3n) is 3.88. The largest absolute Gasteiger partial charge is 0.463 e. The maximum absolute atomic E-state index is 6.28. The molecule has 0 N–H and O–H groups in total. The van der Waals surface area contributed by atoms with E-state index < -0.39 is 0 Å². The van der Waals surface area contributed by atoms with Crippen LogP contribution in [0.15, 0.2) is 0 Å². The van der Waals surface area contributed by atoms with Gasteiger partial charge in [0.25, 0.3) is 0 Å². The van der Waals surface area contributed by atoms with Crippen molar-refractivity contribution < 1.29 is 9.31 Å². The second-order valence-electron chi connectivity index (χ2n) is 6.44. The Hall–Kier alpha value is -0.0151. The summed E-state index contributed by atoms with van der Waals surface area (Å²) in [7, 11) is -0.0230. The molecule has 0 unspecified atom stereocenters. The lowest BCUT2D eigenvalue weighted by Crippen LogP contribution is -2.41. The lowest BCUT2D eigenvalue weighted by Gasteiger charge is -2.33. The van der Waals surface area contributed by atoms with Crippen molar-refractivity contribution in [2.45, 2.75) is 70.9 Å². The fourth-order valence-electron chi connectivity index (χ4n) is 2.84. The van der Waals surface area contributed by atoms with E-state index in [1.54, 1.807) is 0 Å². The molecule has 1 saturated carbocycles. The summed E-state index contributed by atoms with van der Waals surface area (Å²) in [6, 6.07) is 0. The normalized spacial score (nSPS) is 36.4. The summed E-state index contributed by atoms with van der Waals surface area (Å²) in [4.78, 5) is 0. The van der Waals surface area contributed by atoms with E-state index in [4.69, 9.17) is 9.31 Å². The van der Waals surface area contributed by atoms with Crippen molar-refractivity contribution >= 4 is 7.12 Å². The van der Waals surface area contributed by atoms with Crippen LogP contribution in [-0.2, 0) is 9.31 Å². The highest BCUT2D eigenvalue weighted by Crippen LogP contribution is 2.50. The van der Waals surface area contributed by atoms with E-state index in [0.29, 0.717) is 12.0 Å². The zero-order valence-electron chi connectivity index (χ0n) is 10.7. The van der Waals surface area contributed by atoms with E-state index in [1.165, 1.54) is 19.3 Å². The Kier molecular flexibility index (Phi) is 2.67. The molecule has 0 radical (unpaired) electrons. The summed E-state index contributed by atoms with van der Waals surface area (Å²) < 4.78 is 12.4. The van der Waals surface area contributed by atoms with Gasteiger partial charge in [0, 0.05) is 0 Å². The summed E-state index contributed by atoms with van der Waals surface area (Å²) in [6.45, 7) is 11.1. The molecular weight excluding hydrogens is 187 g/mol. The molecule has 1 heterocycles. The predicted octanol–water partition coefficient (Wildman–Crippen LogP) is 3.27. The third-order valence-corrected chi connectivity index (χ3v) is 3.88. The van der Waals surface area contributed by atoms with Gasteiger partial charge in [-0.15, -0.1) is 0 Å². The Balaban J connectivity index is 2.18. The van der Waals surface area contributed by atoms with Gasteiger partial charge in [0.2, 0.25) is 0 Å². The number of rotatable bonds is 1. The third kappa shape index (κ3) is 1.74. The van der Waals surface area contributed by atoms with Gasteiger partial charge in [0.05, 0.1) is 11.7 Å². The van der Waals surface area contributed by atoms with Crippen LogP contribution >= 0.6 is 0 Å². The molecule has 2 atom stereocenters. The van der Waals surface area contributed by atoms with Crippen molar-refractivity contribution in [3.8, 4) is 0 Å². The van der Waals surface area contributed by atoms with Gasteiger partial charge in [-0.05, 0) is 30.5 Å². The van der Waals surface area contributed by atoms with Crippen LogP contribution in [0.4, 0.5) is 0 Å².